The quantitative estimate of drug-likeness (QED) is 0.782. The zero-order valence-corrected chi connectivity index (χ0v) is 10.4. The van der Waals surface area contributed by atoms with Crippen molar-refractivity contribution >= 4 is 0 Å². The van der Waals surface area contributed by atoms with Gasteiger partial charge in [0.2, 0.25) is 0 Å². The van der Waals surface area contributed by atoms with Crippen molar-refractivity contribution < 1.29 is 9.47 Å². The van der Waals surface area contributed by atoms with Crippen LogP contribution >= 0.6 is 0 Å². The van der Waals surface area contributed by atoms with E-state index in [0.717, 1.165) is 0 Å². The summed E-state index contributed by atoms with van der Waals surface area (Å²) < 4.78 is 12.4. The zero-order chi connectivity index (χ0) is 13.2. The smallest absolute Gasteiger partial charge is 0.328 e. The van der Waals surface area contributed by atoms with Crippen LogP contribution in [0, 0.1) is 0 Å². The Bertz CT molecular complexity index is 556. The Labute approximate surface area is 104 Å². The summed E-state index contributed by atoms with van der Waals surface area (Å²) in [6.45, 7) is 4.60. The first-order valence-electron chi connectivity index (χ1n) is 5.74. The van der Waals surface area contributed by atoms with Crippen LogP contribution in [0.1, 0.15) is 13.8 Å². The number of hydrogen-bond donors (Lipinski definition) is 1. The lowest BCUT2D eigenvalue weighted by Gasteiger charge is -2.15. The Balaban J connectivity index is 1.96. The lowest BCUT2D eigenvalue weighted by atomic mass is 10.3. The first kappa shape index (κ1) is 12.8. The topological polar surface area (TPSA) is 73.3 Å². The van der Waals surface area contributed by atoms with Crippen molar-refractivity contribution in [3.8, 4) is 0 Å². The second-order valence-electron chi connectivity index (χ2n) is 4.56. The molecule has 0 radical (unpaired) electrons. The molecule has 2 rings (SSSR count). The number of hydrogen-bond acceptors (Lipinski definition) is 4. The van der Waals surface area contributed by atoms with Crippen molar-refractivity contribution in [3.05, 3.63) is 45.3 Å². The third-order valence-electron chi connectivity index (χ3n) is 2.58. The van der Waals surface area contributed by atoms with Crippen molar-refractivity contribution in [1.29, 1.82) is 0 Å². The average Bonchev–Trinajstić information content (AvgIpc) is 2.61. The SMILES string of the molecule is CC1(C)OC[C@@H](/C=C/Cn2ccc(=O)[nH]c2=O)O1. The van der Waals surface area contributed by atoms with Gasteiger partial charge in [-0.05, 0) is 13.8 Å². The highest BCUT2D eigenvalue weighted by Gasteiger charge is 2.30. The maximum atomic E-state index is 11.4. The normalized spacial score (nSPS) is 22.7. The summed E-state index contributed by atoms with van der Waals surface area (Å²) in [6, 6.07) is 1.31. The molecule has 98 valence electrons. The molecule has 2 heterocycles. The van der Waals surface area contributed by atoms with Gasteiger partial charge in [0.25, 0.3) is 5.56 Å². The van der Waals surface area contributed by atoms with E-state index in [-0.39, 0.29) is 6.10 Å². The van der Waals surface area contributed by atoms with E-state index in [9.17, 15) is 9.59 Å². The van der Waals surface area contributed by atoms with E-state index in [2.05, 4.69) is 4.98 Å². The van der Waals surface area contributed by atoms with Crippen molar-refractivity contribution in [2.45, 2.75) is 32.3 Å². The highest BCUT2D eigenvalue weighted by Crippen LogP contribution is 2.22. The lowest BCUT2D eigenvalue weighted by Crippen LogP contribution is -2.28. The second kappa shape index (κ2) is 4.91. The highest BCUT2D eigenvalue weighted by atomic mass is 16.7. The van der Waals surface area contributed by atoms with Crippen LogP contribution in [0.5, 0.6) is 0 Å². The van der Waals surface area contributed by atoms with Gasteiger partial charge in [-0.2, -0.15) is 0 Å². The summed E-state index contributed by atoms with van der Waals surface area (Å²) >= 11 is 0. The summed E-state index contributed by atoms with van der Waals surface area (Å²) in [5.74, 6) is -0.552. The number of rotatable bonds is 3. The summed E-state index contributed by atoms with van der Waals surface area (Å²) in [5, 5.41) is 0. The van der Waals surface area contributed by atoms with Crippen LogP contribution < -0.4 is 11.2 Å². The van der Waals surface area contributed by atoms with Crippen LogP contribution in [0.25, 0.3) is 0 Å². The molecule has 0 aromatic carbocycles. The first-order chi connectivity index (χ1) is 8.46. The van der Waals surface area contributed by atoms with Crippen LogP contribution in [0.15, 0.2) is 34.0 Å². The Morgan fingerprint density at radius 2 is 2.33 bits per heavy atom. The maximum Gasteiger partial charge on any atom is 0.328 e. The molecule has 1 N–H and O–H groups in total. The number of nitrogens with zero attached hydrogens (tertiary/aromatic N) is 1. The Hall–Kier alpha value is -1.66. The van der Waals surface area contributed by atoms with Gasteiger partial charge in [-0.3, -0.25) is 14.3 Å². The second-order valence-corrected chi connectivity index (χ2v) is 4.56. The maximum absolute atomic E-state index is 11.4. The molecule has 0 bridgehead atoms. The summed E-state index contributed by atoms with van der Waals surface area (Å²) in [5.41, 5.74) is -0.814. The molecular formula is C12H16N2O4. The molecule has 18 heavy (non-hydrogen) atoms. The summed E-state index contributed by atoms with van der Waals surface area (Å²) in [6.07, 6.45) is 5.03. The molecular weight excluding hydrogens is 236 g/mol. The fourth-order valence-electron chi connectivity index (χ4n) is 1.72. The minimum absolute atomic E-state index is 0.0986. The molecule has 1 fully saturated rings. The summed E-state index contributed by atoms with van der Waals surface area (Å²) in [7, 11) is 0. The predicted molar refractivity (Wildman–Crippen MR) is 65.4 cm³/mol. The van der Waals surface area contributed by atoms with E-state index in [1.807, 2.05) is 26.0 Å². The van der Waals surface area contributed by atoms with Gasteiger partial charge in [0.15, 0.2) is 5.79 Å². The number of H-pyrrole nitrogens is 1. The van der Waals surface area contributed by atoms with Crippen molar-refractivity contribution in [2.24, 2.45) is 0 Å². The fourth-order valence-corrected chi connectivity index (χ4v) is 1.72. The van der Waals surface area contributed by atoms with Gasteiger partial charge < -0.3 is 9.47 Å². The Kier molecular flexibility index (Phi) is 3.49. The fraction of sp³-hybridized carbons (Fsp3) is 0.500. The average molecular weight is 252 g/mol. The van der Waals surface area contributed by atoms with Gasteiger partial charge in [0, 0.05) is 18.8 Å². The molecule has 1 aromatic heterocycles. The molecule has 0 amide bonds. The third-order valence-corrected chi connectivity index (χ3v) is 2.58. The number of allylic oxidation sites excluding steroid dienone is 1. The van der Waals surface area contributed by atoms with Crippen molar-refractivity contribution in [2.75, 3.05) is 6.61 Å². The Morgan fingerprint density at radius 3 is 2.94 bits per heavy atom. The molecule has 0 aliphatic carbocycles. The van der Waals surface area contributed by atoms with Crippen LogP contribution in [-0.2, 0) is 16.0 Å². The molecule has 6 heteroatoms. The molecule has 0 saturated carbocycles. The van der Waals surface area contributed by atoms with E-state index >= 15 is 0 Å². The van der Waals surface area contributed by atoms with E-state index in [1.54, 1.807) is 0 Å². The number of ether oxygens (including phenoxy) is 2. The van der Waals surface area contributed by atoms with Gasteiger partial charge >= 0.3 is 5.69 Å². The minimum atomic E-state index is -0.552. The molecule has 1 aliphatic heterocycles. The van der Waals surface area contributed by atoms with Gasteiger partial charge in [-0.25, -0.2) is 4.79 Å². The van der Waals surface area contributed by atoms with Crippen LogP contribution in [0.3, 0.4) is 0 Å². The molecule has 1 saturated heterocycles. The van der Waals surface area contributed by atoms with E-state index in [4.69, 9.17) is 9.47 Å². The predicted octanol–water partition coefficient (Wildman–Crippen LogP) is 0.244. The van der Waals surface area contributed by atoms with Crippen LogP contribution in [-0.4, -0.2) is 28.0 Å². The number of nitrogens with one attached hydrogen (secondary N) is 1. The van der Waals surface area contributed by atoms with Gasteiger partial charge in [0.05, 0.1) is 6.61 Å². The molecule has 6 nitrogen and oxygen atoms in total. The van der Waals surface area contributed by atoms with Gasteiger partial charge in [0.1, 0.15) is 6.10 Å². The largest absolute Gasteiger partial charge is 0.347 e. The molecule has 1 aromatic rings. The molecule has 0 unspecified atom stereocenters. The van der Waals surface area contributed by atoms with Gasteiger partial charge in [-0.1, -0.05) is 12.2 Å². The van der Waals surface area contributed by atoms with E-state index < -0.39 is 17.0 Å². The van der Waals surface area contributed by atoms with E-state index in [0.29, 0.717) is 13.2 Å². The summed E-state index contributed by atoms with van der Waals surface area (Å²) in [4.78, 5) is 24.5. The zero-order valence-electron chi connectivity index (χ0n) is 10.4. The van der Waals surface area contributed by atoms with E-state index in [1.165, 1.54) is 16.8 Å². The lowest BCUT2D eigenvalue weighted by molar-refractivity contribution is -0.133. The highest BCUT2D eigenvalue weighted by molar-refractivity contribution is 4.94. The molecule has 1 atom stereocenters. The third kappa shape index (κ3) is 3.18. The minimum Gasteiger partial charge on any atom is -0.347 e. The Morgan fingerprint density at radius 1 is 1.56 bits per heavy atom. The van der Waals surface area contributed by atoms with Crippen LogP contribution in [0.4, 0.5) is 0 Å². The van der Waals surface area contributed by atoms with Crippen molar-refractivity contribution in [3.63, 3.8) is 0 Å². The van der Waals surface area contributed by atoms with Crippen molar-refractivity contribution in [1.82, 2.24) is 9.55 Å². The molecule has 0 spiro atoms. The number of aromatic amines is 1. The van der Waals surface area contributed by atoms with Crippen LogP contribution in [0.2, 0.25) is 0 Å². The monoisotopic (exact) mass is 252 g/mol. The standard InChI is InChI=1S/C12H16N2O4/c1-12(2)17-8-9(18-12)4-3-6-14-7-5-10(15)13-11(14)16/h3-5,7,9H,6,8H2,1-2H3,(H,13,15,16)/b4-3+/t9-/m1/s1. The molecule has 1 aliphatic rings. The first-order valence-corrected chi connectivity index (χ1v) is 5.74. The number of aromatic nitrogens is 2. The van der Waals surface area contributed by atoms with Gasteiger partial charge in [-0.15, -0.1) is 0 Å².